The number of nitrogens with one attached hydrogen (secondary N) is 1. The van der Waals surface area contributed by atoms with Crippen molar-refractivity contribution < 1.29 is 4.79 Å². The number of piperidine rings is 1. The second-order valence-electron chi connectivity index (χ2n) is 8.15. The maximum absolute atomic E-state index is 13.0. The maximum Gasteiger partial charge on any atom is 0.274 e. The monoisotopic (exact) mass is 410 g/mol. The molecule has 0 unspecified atom stereocenters. The van der Waals surface area contributed by atoms with Crippen LogP contribution in [0, 0.1) is 0 Å². The number of pyridine rings is 1. The quantitative estimate of drug-likeness (QED) is 0.677. The Hall–Kier alpha value is -3.47. The van der Waals surface area contributed by atoms with Gasteiger partial charge in [0.15, 0.2) is 0 Å². The summed E-state index contributed by atoms with van der Waals surface area (Å²) in [5.41, 5.74) is 6.67. The SMILES string of the molecule is O=C(Nc1ccccc1)C1=NCCc2ccc(-c3cncc(N4CCCCC4)c3)cc21. The third kappa shape index (κ3) is 4.22. The summed E-state index contributed by atoms with van der Waals surface area (Å²) in [5, 5.41) is 2.98. The lowest BCUT2D eigenvalue weighted by Gasteiger charge is -2.28. The van der Waals surface area contributed by atoms with Crippen molar-refractivity contribution in [2.24, 2.45) is 4.99 Å². The van der Waals surface area contributed by atoms with Crippen molar-refractivity contribution >= 4 is 23.0 Å². The highest BCUT2D eigenvalue weighted by Gasteiger charge is 2.22. The number of aliphatic imine (C=N–C) groups is 1. The van der Waals surface area contributed by atoms with Gasteiger partial charge in [0.05, 0.1) is 11.9 Å². The van der Waals surface area contributed by atoms with Gasteiger partial charge in [-0.3, -0.25) is 14.8 Å². The molecule has 1 aromatic heterocycles. The van der Waals surface area contributed by atoms with E-state index in [0.717, 1.165) is 47.5 Å². The summed E-state index contributed by atoms with van der Waals surface area (Å²) < 4.78 is 0. The van der Waals surface area contributed by atoms with E-state index in [2.05, 4.69) is 44.5 Å². The van der Waals surface area contributed by atoms with E-state index in [-0.39, 0.29) is 5.91 Å². The molecule has 1 fully saturated rings. The van der Waals surface area contributed by atoms with Crippen LogP contribution in [0.5, 0.6) is 0 Å². The fourth-order valence-electron chi connectivity index (χ4n) is 4.38. The van der Waals surface area contributed by atoms with E-state index in [1.54, 1.807) is 0 Å². The van der Waals surface area contributed by atoms with Crippen LogP contribution >= 0.6 is 0 Å². The zero-order valence-corrected chi connectivity index (χ0v) is 17.6. The van der Waals surface area contributed by atoms with Crippen molar-refractivity contribution in [3.8, 4) is 11.1 Å². The van der Waals surface area contributed by atoms with E-state index in [1.807, 2.05) is 42.7 Å². The van der Waals surface area contributed by atoms with Gasteiger partial charge in [-0.1, -0.05) is 30.3 Å². The molecule has 1 amide bonds. The second kappa shape index (κ2) is 8.72. The Morgan fingerprint density at radius 3 is 2.58 bits per heavy atom. The molecule has 3 heterocycles. The number of hydrogen-bond donors (Lipinski definition) is 1. The summed E-state index contributed by atoms with van der Waals surface area (Å²) in [6.45, 7) is 2.81. The lowest BCUT2D eigenvalue weighted by molar-refractivity contribution is -0.110. The number of para-hydroxylation sites is 1. The molecule has 5 rings (SSSR count). The molecule has 0 radical (unpaired) electrons. The number of nitrogens with zero attached hydrogens (tertiary/aromatic N) is 3. The number of rotatable bonds is 4. The first kappa shape index (κ1) is 19.5. The van der Waals surface area contributed by atoms with Gasteiger partial charge in [-0.05, 0) is 61.1 Å². The molecule has 2 aliphatic rings. The van der Waals surface area contributed by atoms with E-state index in [9.17, 15) is 4.79 Å². The fraction of sp³-hybridized carbons (Fsp3) is 0.269. The number of hydrogen-bond acceptors (Lipinski definition) is 4. The van der Waals surface area contributed by atoms with Gasteiger partial charge in [0.2, 0.25) is 0 Å². The highest BCUT2D eigenvalue weighted by molar-refractivity contribution is 6.49. The first-order valence-electron chi connectivity index (χ1n) is 11.0. The van der Waals surface area contributed by atoms with Crippen molar-refractivity contribution in [2.75, 3.05) is 29.9 Å². The Bertz CT molecular complexity index is 1120. The van der Waals surface area contributed by atoms with Gasteiger partial charge in [-0.2, -0.15) is 0 Å². The van der Waals surface area contributed by atoms with Gasteiger partial charge >= 0.3 is 0 Å². The van der Waals surface area contributed by atoms with Gasteiger partial charge < -0.3 is 10.2 Å². The lowest BCUT2D eigenvalue weighted by Crippen LogP contribution is -2.29. The van der Waals surface area contributed by atoms with Gasteiger partial charge in [0, 0.05) is 42.6 Å². The highest BCUT2D eigenvalue weighted by atomic mass is 16.1. The van der Waals surface area contributed by atoms with Crippen molar-refractivity contribution in [1.82, 2.24) is 4.98 Å². The van der Waals surface area contributed by atoms with Crippen LogP contribution in [0.25, 0.3) is 11.1 Å². The molecule has 1 saturated heterocycles. The number of carbonyl (C=O) groups excluding carboxylic acids is 1. The molecule has 2 aliphatic heterocycles. The minimum Gasteiger partial charge on any atom is -0.370 e. The topological polar surface area (TPSA) is 57.6 Å². The maximum atomic E-state index is 13.0. The molecule has 3 aromatic rings. The number of aromatic nitrogens is 1. The number of carbonyl (C=O) groups is 1. The van der Waals surface area contributed by atoms with Crippen molar-refractivity contribution in [3.05, 3.63) is 78.1 Å². The van der Waals surface area contributed by atoms with E-state index in [0.29, 0.717) is 12.3 Å². The van der Waals surface area contributed by atoms with E-state index in [4.69, 9.17) is 0 Å². The van der Waals surface area contributed by atoms with E-state index in [1.165, 1.54) is 24.9 Å². The Labute approximate surface area is 182 Å². The van der Waals surface area contributed by atoms with E-state index >= 15 is 0 Å². The Morgan fingerprint density at radius 2 is 1.74 bits per heavy atom. The first-order valence-corrected chi connectivity index (χ1v) is 11.0. The highest BCUT2D eigenvalue weighted by Crippen LogP contribution is 2.29. The predicted octanol–water partition coefficient (Wildman–Crippen LogP) is 4.72. The Kier molecular flexibility index (Phi) is 5.48. The van der Waals surface area contributed by atoms with Crippen molar-refractivity contribution in [3.63, 3.8) is 0 Å². The summed E-state index contributed by atoms with van der Waals surface area (Å²) in [6.07, 6.45) is 8.48. The molecular weight excluding hydrogens is 384 g/mol. The minimum absolute atomic E-state index is 0.163. The van der Waals surface area contributed by atoms with Crippen LogP contribution in [-0.2, 0) is 11.2 Å². The fourth-order valence-corrected chi connectivity index (χ4v) is 4.38. The predicted molar refractivity (Wildman–Crippen MR) is 126 cm³/mol. The molecule has 0 bridgehead atoms. The van der Waals surface area contributed by atoms with Gasteiger partial charge in [0.25, 0.3) is 5.91 Å². The molecule has 0 saturated carbocycles. The summed E-state index contributed by atoms with van der Waals surface area (Å²) in [5.74, 6) is -0.163. The minimum atomic E-state index is -0.163. The molecule has 0 aliphatic carbocycles. The third-order valence-electron chi connectivity index (χ3n) is 6.04. The molecule has 156 valence electrons. The van der Waals surface area contributed by atoms with Crippen LogP contribution < -0.4 is 10.2 Å². The van der Waals surface area contributed by atoms with Gasteiger partial charge in [-0.25, -0.2) is 0 Å². The molecule has 2 aromatic carbocycles. The van der Waals surface area contributed by atoms with Crippen LogP contribution in [0.3, 0.4) is 0 Å². The number of anilines is 2. The van der Waals surface area contributed by atoms with Crippen LogP contribution in [-0.4, -0.2) is 36.2 Å². The summed E-state index contributed by atoms with van der Waals surface area (Å²) in [4.78, 5) is 24.5. The molecule has 5 heteroatoms. The Balaban J connectivity index is 1.44. The molecule has 1 N–H and O–H groups in total. The van der Waals surface area contributed by atoms with E-state index < -0.39 is 0 Å². The third-order valence-corrected chi connectivity index (χ3v) is 6.04. The summed E-state index contributed by atoms with van der Waals surface area (Å²) in [6, 6.07) is 18.1. The second-order valence-corrected chi connectivity index (χ2v) is 8.15. The summed E-state index contributed by atoms with van der Waals surface area (Å²) >= 11 is 0. The smallest absolute Gasteiger partial charge is 0.274 e. The van der Waals surface area contributed by atoms with Crippen LogP contribution in [0.1, 0.15) is 30.4 Å². The van der Waals surface area contributed by atoms with Gasteiger partial charge in [-0.15, -0.1) is 0 Å². The average molecular weight is 411 g/mol. The number of fused-ring (bicyclic) bond motifs is 1. The number of amides is 1. The van der Waals surface area contributed by atoms with Gasteiger partial charge in [0.1, 0.15) is 5.71 Å². The first-order chi connectivity index (χ1) is 15.3. The molecule has 5 nitrogen and oxygen atoms in total. The van der Waals surface area contributed by atoms with Crippen LogP contribution in [0.2, 0.25) is 0 Å². The zero-order chi connectivity index (χ0) is 21.0. The Morgan fingerprint density at radius 1 is 0.903 bits per heavy atom. The molecular formula is C26H26N4O. The van der Waals surface area contributed by atoms with Crippen LogP contribution in [0.15, 0.2) is 72.0 Å². The van der Waals surface area contributed by atoms with Crippen LogP contribution in [0.4, 0.5) is 11.4 Å². The average Bonchev–Trinajstić information content (AvgIpc) is 2.84. The molecule has 0 atom stereocenters. The normalized spacial score (nSPS) is 15.7. The molecule has 31 heavy (non-hydrogen) atoms. The van der Waals surface area contributed by atoms with Crippen molar-refractivity contribution in [1.29, 1.82) is 0 Å². The lowest BCUT2D eigenvalue weighted by atomic mass is 9.93. The molecule has 0 spiro atoms. The van der Waals surface area contributed by atoms with Crippen molar-refractivity contribution in [2.45, 2.75) is 25.7 Å². The number of benzene rings is 2. The zero-order valence-electron chi connectivity index (χ0n) is 17.6. The standard InChI is InChI=1S/C26H26N4O/c31-26(29-22-7-3-1-4-8-22)25-24-16-20(10-9-19(24)11-12-28-25)21-15-23(18-27-17-21)30-13-5-2-6-14-30/h1,3-4,7-10,15-18H,2,5-6,11-14H2,(H,29,31). The summed E-state index contributed by atoms with van der Waals surface area (Å²) in [7, 11) is 0. The largest absolute Gasteiger partial charge is 0.370 e.